The smallest absolute Gasteiger partial charge is 0.208 e. The molecule has 0 aliphatic heterocycles. The fourth-order valence-electron chi connectivity index (χ4n) is 1.42. The summed E-state index contributed by atoms with van der Waals surface area (Å²) < 4.78 is 26.8. The topological polar surface area (TPSA) is 46.2 Å². The molecule has 1 N–H and O–H groups in total. The van der Waals surface area contributed by atoms with Crippen LogP contribution in [0, 0.1) is 0 Å². The lowest BCUT2D eigenvalue weighted by Gasteiger charge is -2.13. The maximum Gasteiger partial charge on any atom is 0.240 e. The lowest BCUT2D eigenvalue weighted by Crippen LogP contribution is -2.34. The van der Waals surface area contributed by atoms with Crippen molar-refractivity contribution in [3.8, 4) is 0 Å². The predicted molar refractivity (Wildman–Crippen MR) is 78.8 cm³/mol. The van der Waals surface area contributed by atoms with Crippen LogP contribution >= 0.6 is 23.4 Å². The van der Waals surface area contributed by atoms with E-state index >= 15 is 0 Å². The van der Waals surface area contributed by atoms with Crippen LogP contribution < -0.4 is 4.72 Å². The Morgan fingerprint density at radius 1 is 1.33 bits per heavy atom. The SMILES string of the molecule is CCSCC(C)NS(=O)(=O)c1ccc(CCl)cc1. The predicted octanol–water partition coefficient (Wildman–Crippen LogP) is 2.85. The molecule has 0 saturated heterocycles. The average molecular weight is 308 g/mol. The van der Waals surface area contributed by atoms with Crippen LogP contribution in [-0.2, 0) is 15.9 Å². The summed E-state index contributed by atoms with van der Waals surface area (Å²) >= 11 is 7.38. The molecule has 0 spiro atoms. The zero-order valence-corrected chi connectivity index (χ0v) is 12.9. The number of hydrogen-bond acceptors (Lipinski definition) is 3. The summed E-state index contributed by atoms with van der Waals surface area (Å²) in [5, 5.41) is 0. The molecule has 1 aromatic rings. The number of sulfonamides is 1. The average Bonchev–Trinajstić information content (AvgIpc) is 2.36. The number of alkyl halides is 1. The van der Waals surface area contributed by atoms with Gasteiger partial charge in [0.15, 0.2) is 0 Å². The van der Waals surface area contributed by atoms with E-state index in [1.165, 1.54) is 0 Å². The van der Waals surface area contributed by atoms with Crippen molar-refractivity contribution >= 4 is 33.4 Å². The Balaban J connectivity index is 2.73. The Kier molecular flexibility index (Phi) is 6.49. The molecule has 6 heteroatoms. The van der Waals surface area contributed by atoms with E-state index < -0.39 is 10.0 Å². The lowest BCUT2D eigenvalue weighted by molar-refractivity contribution is 0.571. The van der Waals surface area contributed by atoms with Crippen LogP contribution in [0.4, 0.5) is 0 Å². The minimum absolute atomic E-state index is 0.0762. The van der Waals surface area contributed by atoms with Gasteiger partial charge in [0.2, 0.25) is 10.0 Å². The molecule has 102 valence electrons. The summed E-state index contributed by atoms with van der Waals surface area (Å²) in [6.07, 6.45) is 0. The molecule has 0 aliphatic carbocycles. The Morgan fingerprint density at radius 2 is 1.94 bits per heavy atom. The van der Waals surface area contributed by atoms with Gasteiger partial charge in [-0.15, -0.1) is 11.6 Å². The number of thioether (sulfide) groups is 1. The normalized spacial score (nSPS) is 13.5. The second-order valence-electron chi connectivity index (χ2n) is 3.96. The maximum atomic E-state index is 12.1. The third-order valence-electron chi connectivity index (χ3n) is 2.32. The van der Waals surface area contributed by atoms with Crippen molar-refractivity contribution in [2.24, 2.45) is 0 Å². The van der Waals surface area contributed by atoms with E-state index in [0.717, 1.165) is 17.1 Å². The summed E-state index contributed by atoms with van der Waals surface area (Å²) in [4.78, 5) is 0.282. The highest BCUT2D eigenvalue weighted by atomic mass is 35.5. The standard InChI is InChI=1S/C12H18ClNO2S2/c1-3-17-9-10(2)14-18(15,16)12-6-4-11(8-13)5-7-12/h4-7,10,14H,3,8-9H2,1-2H3. The van der Waals surface area contributed by atoms with E-state index in [2.05, 4.69) is 11.6 Å². The zero-order chi connectivity index (χ0) is 13.6. The van der Waals surface area contributed by atoms with Crippen LogP contribution in [0.1, 0.15) is 19.4 Å². The van der Waals surface area contributed by atoms with Gasteiger partial charge in [0.25, 0.3) is 0 Å². The molecule has 18 heavy (non-hydrogen) atoms. The van der Waals surface area contributed by atoms with Gasteiger partial charge in [-0.25, -0.2) is 13.1 Å². The summed E-state index contributed by atoms with van der Waals surface area (Å²) in [7, 11) is -3.42. The molecule has 0 radical (unpaired) electrons. The molecule has 0 fully saturated rings. The van der Waals surface area contributed by atoms with Gasteiger partial charge in [0.05, 0.1) is 4.90 Å². The molecular formula is C12H18ClNO2S2. The monoisotopic (exact) mass is 307 g/mol. The van der Waals surface area contributed by atoms with Crippen molar-refractivity contribution in [1.29, 1.82) is 0 Å². The van der Waals surface area contributed by atoms with Crippen molar-refractivity contribution in [2.75, 3.05) is 11.5 Å². The number of hydrogen-bond donors (Lipinski definition) is 1. The number of halogens is 1. The van der Waals surface area contributed by atoms with Crippen LogP contribution in [0.25, 0.3) is 0 Å². The second-order valence-corrected chi connectivity index (χ2v) is 7.26. The van der Waals surface area contributed by atoms with Gasteiger partial charge < -0.3 is 0 Å². The first-order chi connectivity index (χ1) is 8.49. The molecule has 1 unspecified atom stereocenters. The minimum atomic E-state index is -3.42. The summed E-state index contributed by atoms with van der Waals surface area (Å²) in [5.41, 5.74) is 0.908. The van der Waals surface area contributed by atoms with Gasteiger partial charge in [-0.1, -0.05) is 19.1 Å². The summed E-state index contributed by atoms with van der Waals surface area (Å²) in [6.45, 7) is 3.92. The summed E-state index contributed by atoms with van der Waals surface area (Å²) in [6, 6.07) is 6.55. The Hall–Kier alpha value is -0.230. The number of rotatable bonds is 7. The van der Waals surface area contributed by atoms with E-state index in [9.17, 15) is 8.42 Å². The molecule has 0 amide bonds. The van der Waals surface area contributed by atoms with Gasteiger partial charge in [-0.05, 0) is 30.4 Å². The molecule has 1 rings (SSSR count). The summed E-state index contributed by atoms with van der Waals surface area (Å²) in [5.74, 6) is 2.14. The highest BCUT2D eigenvalue weighted by Gasteiger charge is 2.16. The number of benzene rings is 1. The fourth-order valence-corrected chi connectivity index (χ4v) is 3.62. The quantitative estimate of drug-likeness (QED) is 0.788. The Bertz CT molecular complexity index is 459. The van der Waals surface area contributed by atoms with Crippen LogP contribution in [-0.4, -0.2) is 26.0 Å². The Morgan fingerprint density at radius 3 is 2.44 bits per heavy atom. The van der Waals surface area contributed by atoms with Crippen LogP contribution in [0.2, 0.25) is 0 Å². The van der Waals surface area contributed by atoms with Crippen molar-refractivity contribution in [3.05, 3.63) is 29.8 Å². The number of nitrogens with one attached hydrogen (secondary N) is 1. The largest absolute Gasteiger partial charge is 0.240 e. The maximum absolute atomic E-state index is 12.1. The fraction of sp³-hybridized carbons (Fsp3) is 0.500. The molecule has 1 atom stereocenters. The first kappa shape index (κ1) is 15.8. The van der Waals surface area contributed by atoms with Crippen LogP contribution in [0.15, 0.2) is 29.2 Å². The highest BCUT2D eigenvalue weighted by molar-refractivity contribution is 7.99. The lowest BCUT2D eigenvalue weighted by atomic mass is 10.2. The van der Waals surface area contributed by atoms with Crippen LogP contribution in [0.5, 0.6) is 0 Å². The van der Waals surface area contributed by atoms with Gasteiger partial charge >= 0.3 is 0 Å². The van der Waals surface area contributed by atoms with E-state index in [1.807, 2.05) is 6.92 Å². The van der Waals surface area contributed by atoms with Gasteiger partial charge in [-0.3, -0.25) is 0 Å². The molecule has 0 heterocycles. The zero-order valence-electron chi connectivity index (χ0n) is 10.5. The van der Waals surface area contributed by atoms with Crippen molar-refractivity contribution < 1.29 is 8.42 Å². The molecular weight excluding hydrogens is 290 g/mol. The minimum Gasteiger partial charge on any atom is -0.208 e. The molecule has 0 bridgehead atoms. The molecule has 0 aliphatic rings. The van der Waals surface area contributed by atoms with E-state index in [4.69, 9.17) is 11.6 Å². The van der Waals surface area contributed by atoms with E-state index in [1.54, 1.807) is 36.0 Å². The van der Waals surface area contributed by atoms with Gasteiger partial charge in [0.1, 0.15) is 0 Å². The van der Waals surface area contributed by atoms with Crippen LogP contribution in [0.3, 0.4) is 0 Å². The van der Waals surface area contributed by atoms with Crippen molar-refractivity contribution in [1.82, 2.24) is 4.72 Å². The highest BCUT2D eigenvalue weighted by Crippen LogP contribution is 2.13. The second kappa shape index (κ2) is 7.38. The Labute approximate surface area is 118 Å². The van der Waals surface area contributed by atoms with Gasteiger partial charge in [0, 0.05) is 17.7 Å². The first-order valence-corrected chi connectivity index (χ1v) is 8.91. The van der Waals surface area contributed by atoms with E-state index in [-0.39, 0.29) is 10.9 Å². The van der Waals surface area contributed by atoms with Gasteiger partial charge in [-0.2, -0.15) is 11.8 Å². The third-order valence-corrected chi connectivity index (χ3v) is 5.37. The van der Waals surface area contributed by atoms with Crippen molar-refractivity contribution in [3.63, 3.8) is 0 Å². The molecule has 1 aromatic carbocycles. The third kappa shape index (κ3) is 4.80. The first-order valence-electron chi connectivity index (χ1n) is 5.74. The molecule has 0 saturated carbocycles. The molecule has 3 nitrogen and oxygen atoms in total. The molecule has 0 aromatic heterocycles. The van der Waals surface area contributed by atoms with E-state index in [0.29, 0.717) is 5.88 Å². The van der Waals surface area contributed by atoms with Crippen molar-refractivity contribution in [2.45, 2.75) is 30.7 Å².